The van der Waals surface area contributed by atoms with Crippen LogP contribution in [0.5, 0.6) is 0 Å². The average molecular weight is 320 g/mol. The SMILES string of the molecule is CCC1CCCN(S(=O)(=O)N(C)CCCNC(C)C)CC1. The lowest BCUT2D eigenvalue weighted by Gasteiger charge is -2.26. The first kappa shape index (κ1) is 18.9. The van der Waals surface area contributed by atoms with E-state index in [1.807, 2.05) is 0 Å². The number of nitrogens with one attached hydrogen (secondary N) is 1. The molecule has 0 amide bonds. The van der Waals surface area contributed by atoms with E-state index in [-0.39, 0.29) is 0 Å². The Kier molecular flexibility index (Phi) is 8.16. The normalized spacial score (nSPS) is 21.9. The van der Waals surface area contributed by atoms with Gasteiger partial charge in [-0.15, -0.1) is 0 Å². The summed E-state index contributed by atoms with van der Waals surface area (Å²) in [5.41, 5.74) is 0. The second kappa shape index (κ2) is 9.08. The summed E-state index contributed by atoms with van der Waals surface area (Å²) in [6, 6.07) is 0.448. The van der Waals surface area contributed by atoms with Crippen molar-refractivity contribution in [1.82, 2.24) is 13.9 Å². The first-order valence-corrected chi connectivity index (χ1v) is 9.72. The Labute approximate surface area is 131 Å². The summed E-state index contributed by atoms with van der Waals surface area (Å²) in [5.74, 6) is 0.686. The molecule has 1 fully saturated rings. The van der Waals surface area contributed by atoms with Crippen molar-refractivity contribution in [2.75, 3.05) is 33.2 Å². The third kappa shape index (κ3) is 6.22. The highest BCUT2D eigenvalue weighted by Crippen LogP contribution is 2.22. The van der Waals surface area contributed by atoms with Gasteiger partial charge in [0.2, 0.25) is 0 Å². The summed E-state index contributed by atoms with van der Waals surface area (Å²) >= 11 is 0. The first-order chi connectivity index (χ1) is 9.87. The Balaban J connectivity index is 2.47. The molecule has 1 saturated heterocycles. The molecule has 1 aliphatic heterocycles. The molecule has 0 spiro atoms. The molecule has 0 bridgehead atoms. The zero-order valence-electron chi connectivity index (χ0n) is 14.1. The Morgan fingerprint density at radius 2 is 2.00 bits per heavy atom. The second-order valence-electron chi connectivity index (χ2n) is 6.40. The molecule has 5 nitrogen and oxygen atoms in total. The largest absolute Gasteiger partial charge is 0.314 e. The summed E-state index contributed by atoms with van der Waals surface area (Å²) in [6.45, 7) is 9.18. The first-order valence-electron chi connectivity index (χ1n) is 8.32. The zero-order valence-corrected chi connectivity index (χ0v) is 15.0. The predicted octanol–water partition coefficient (Wildman–Crippen LogP) is 2.06. The van der Waals surface area contributed by atoms with E-state index < -0.39 is 10.2 Å². The minimum Gasteiger partial charge on any atom is -0.314 e. The van der Waals surface area contributed by atoms with E-state index in [2.05, 4.69) is 26.1 Å². The zero-order chi connectivity index (χ0) is 15.9. The van der Waals surface area contributed by atoms with Crippen LogP contribution in [-0.2, 0) is 10.2 Å². The molecule has 1 N–H and O–H groups in total. The summed E-state index contributed by atoms with van der Waals surface area (Å²) in [4.78, 5) is 0. The molecule has 1 heterocycles. The van der Waals surface area contributed by atoms with Crippen LogP contribution < -0.4 is 5.32 Å². The van der Waals surface area contributed by atoms with Crippen LogP contribution in [0.1, 0.15) is 52.9 Å². The van der Waals surface area contributed by atoms with Crippen LogP contribution in [0.2, 0.25) is 0 Å². The minimum atomic E-state index is -3.28. The molecule has 0 radical (unpaired) electrons. The van der Waals surface area contributed by atoms with Gasteiger partial charge in [0.15, 0.2) is 0 Å². The molecule has 1 atom stereocenters. The number of hydrogen-bond donors (Lipinski definition) is 1. The van der Waals surface area contributed by atoms with E-state index in [9.17, 15) is 8.42 Å². The summed E-state index contributed by atoms with van der Waals surface area (Å²) < 4.78 is 28.4. The predicted molar refractivity (Wildman–Crippen MR) is 88.5 cm³/mol. The van der Waals surface area contributed by atoms with E-state index in [1.54, 1.807) is 11.4 Å². The fourth-order valence-corrected chi connectivity index (χ4v) is 4.23. The van der Waals surface area contributed by atoms with Gasteiger partial charge in [-0.2, -0.15) is 17.0 Å². The summed E-state index contributed by atoms with van der Waals surface area (Å²) in [6.07, 6.45) is 5.15. The quantitative estimate of drug-likeness (QED) is 0.697. The molecule has 21 heavy (non-hydrogen) atoms. The number of hydrogen-bond acceptors (Lipinski definition) is 3. The molecular weight excluding hydrogens is 286 g/mol. The van der Waals surface area contributed by atoms with Crippen molar-refractivity contribution in [1.29, 1.82) is 0 Å². The van der Waals surface area contributed by atoms with Gasteiger partial charge in [0.1, 0.15) is 0 Å². The Morgan fingerprint density at radius 3 is 2.62 bits per heavy atom. The van der Waals surface area contributed by atoms with Crippen molar-refractivity contribution in [2.45, 2.75) is 58.9 Å². The summed E-state index contributed by atoms with van der Waals surface area (Å²) in [5, 5.41) is 3.32. The number of rotatable bonds is 8. The molecule has 1 unspecified atom stereocenters. The Hall–Kier alpha value is -0.170. The van der Waals surface area contributed by atoms with Crippen molar-refractivity contribution in [3.63, 3.8) is 0 Å². The monoisotopic (exact) mass is 319 g/mol. The van der Waals surface area contributed by atoms with Crippen LogP contribution in [-0.4, -0.2) is 56.3 Å². The minimum absolute atomic E-state index is 0.448. The lowest BCUT2D eigenvalue weighted by molar-refractivity contribution is 0.356. The van der Waals surface area contributed by atoms with Gasteiger partial charge in [-0.3, -0.25) is 0 Å². The Morgan fingerprint density at radius 1 is 1.29 bits per heavy atom. The van der Waals surface area contributed by atoms with Crippen molar-refractivity contribution in [2.24, 2.45) is 5.92 Å². The van der Waals surface area contributed by atoms with Gasteiger partial charge in [-0.25, -0.2) is 0 Å². The molecule has 0 aromatic heterocycles. The van der Waals surface area contributed by atoms with Crippen LogP contribution in [0.15, 0.2) is 0 Å². The third-order valence-corrected chi connectivity index (χ3v) is 6.29. The van der Waals surface area contributed by atoms with Gasteiger partial charge in [0.25, 0.3) is 10.2 Å². The maximum Gasteiger partial charge on any atom is 0.281 e. The second-order valence-corrected chi connectivity index (χ2v) is 8.43. The van der Waals surface area contributed by atoms with E-state index in [1.165, 1.54) is 4.31 Å². The van der Waals surface area contributed by atoms with Crippen LogP contribution in [0.4, 0.5) is 0 Å². The molecule has 6 heteroatoms. The topological polar surface area (TPSA) is 52.7 Å². The maximum absolute atomic E-state index is 12.6. The van der Waals surface area contributed by atoms with Crippen LogP contribution in [0.25, 0.3) is 0 Å². The van der Waals surface area contributed by atoms with Gasteiger partial charge in [0, 0.05) is 32.7 Å². The molecule has 0 saturated carbocycles. The summed E-state index contributed by atoms with van der Waals surface area (Å²) in [7, 11) is -1.58. The molecule has 0 aliphatic carbocycles. The van der Waals surface area contributed by atoms with Gasteiger partial charge >= 0.3 is 0 Å². The maximum atomic E-state index is 12.6. The van der Waals surface area contributed by atoms with E-state index >= 15 is 0 Å². The fourth-order valence-electron chi connectivity index (χ4n) is 2.78. The van der Waals surface area contributed by atoms with Crippen molar-refractivity contribution in [3.8, 4) is 0 Å². The highest BCUT2D eigenvalue weighted by Gasteiger charge is 2.28. The van der Waals surface area contributed by atoms with Crippen molar-refractivity contribution < 1.29 is 8.42 Å². The van der Waals surface area contributed by atoms with Crippen molar-refractivity contribution >= 4 is 10.2 Å². The number of nitrogens with zero attached hydrogens (tertiary/aromatic N) is 2. The van der Waals surface area contributed by atoms with Gasteiger partial charge in [-0.1, -0.05) is 27.2 Å². The third-order valence-electron chi connectivity index (χ3n) is 4.31. The van der Waals surface area contributed by atoms with Crippen LogP contribution in [0, 0.1) is 5.92 Å². The van der Waals surface area contributed by atoms with Gasteiger partial charge < -0.3 is 5.32 Å². The van der Waals surface area contributed by atoms with Crippen LogP contribution in [0.3, 0.4) is 0 Å². The molecule has 0 aromatic rings. The Bertz CT molecular complexity index is 384. The molecular formula is C15H33N3O2S. The molecule has 1 rings (SSSR count). The standard InChI is InChI=1S/C15H33N3O2S/c1-5-15-8-6-12-18(13-9-15)21(19,20)17(4)11-7-10-16-14(2)3/h14-16H,5-13H2,1-4H3. The lowest BCUT2D eigenvalue weighted by Crippen LogP contribution is -2.43. The molecule has 1 aliphatic rings. The van der Waals surface area contributed by atoms with Crippen LogP contribution >= 0.6 is 0 Å². The highest BCUT2D eigenvalue weighted by atomic mass is 32.2. The molecule has 126 valence electrons. The van der Waals surface area contributed by atoms with Gasteiger partial charge in [-0.05, 0) is 38.1 Å². The fraction of sp³-hybridized carbons (Fsp3) is 1.00. The molecule has 0 aromatic carbocycles. The average Bonchev–Trinajstić information content (AvgIpc) is 2.68. The van der Waals surface area contributed by atoms with Gasteiger partial charge in [0.05, 0.1) is 0 Å². The van der Waals surface area contributed by atoms with E-state index in [4.69, 9.17) is 0 Å². The van der Waals surface area contributed by atoms with Crippen molar-refractivity contribution in [3.05, 3.63) is 0 Å². The highest BCUT2D eigenvalue weighted by molar-refractivity contribution is 7.86. The smallest absolute Gasteiger partial charge is 0.281 e. The lowest BCUT2D eigenvalue weighted by atomic mass is 9.98. The van der Waals surface area contributed by atoms with E-state index in [0.717, 1.165) is 38.6 Å². The van der Waals surface area contributed by atoms with E-state index in [0.29, 0.717) is 31.6 Å².